The summed E-state index contributed by atoms with van der Waals surface area (Å²) in [5.41, 5.74) is 0.206. The van der Waals surface area contributed by atoms with Crippen molar-refractivity contribution >= 4 is 23.0 Å². The van der Waals surface area contributed by atoms with E-state index in [0.29, 0.717) is 30.6 Å². The van der Waals surface area contributed by atoms with Gasteiger partial charge in [-0.2, -0.15) is 4.98 Å². The first kappa shape index (κ1) is 15.3. The molecule has 7 nitrogen and oxygen atoms in total. The molecule has 1 aromatic carbocycles. The molecule has 122 valence electrons. The van der Waals surface area contributed by atoms with Crippen LogP contribution in [0.2, 0.25) is 0 Å². The molecule has 0 unspecified atom stereocenters. The number of nitrogens with one attached hydrogen (secondary N) is 1. The van der Waals surface area contributed by atoms with Crippen molar-refractivity contribution in [3.8, 4) is 0 Å². The Hall–Kier alpha value is -2.57. The van der Waals surface area contributed by atoms with Crippen molar-refractivity contribution in [1.82, 2.24) is 9.88 Å². The summed E-state index contributed by atoms with van der Waals surface area (Å²) in [4.78, 5) is 29.6. The Morgan fingerprint density at radius 3 is 2.87 bits per heavy atom. The lowest BCUT2D eigenvalue weighted by Gasteiger charge is -2.31. The fraction of sp³-hybridized carbons (Fsp3) is 0.438. The maximum atomic E-state index is 11.9. The van der Waals surface area contributed by atoms with Gasteiger partial charge >= 0.3 is 11.7 Å². The second kappa shape index (κ2) is 6.68. The van der Waals surface area contributed by atoms with Gasteiger partial charge in [0.2, 0.25) is 0 Å². The number of carbonyl (C=O) groups excluding carboxylic acids is 1. The van der Waals surface area contributed by atoms with Crippen LogP contribution in [0.1, 0.15) is 19.8 Å². The van der Waals surface area contributed by atoms with Crippen LogP contribution in [0.15, 0.2) is 33.5 Å². The molecule has 0 radical (unpaired) electrons. The van der Waals surface area contributed by atoms with E-state index in [4.69, 9.17) is 9.15 Å². The van der Waals surface area contributed by atoms with Gasteiger partial charge in [0.1, 0.15) is 0 Å². The molecule has 7 heteroatoms. The normalized spacial score (nSPS) is 15.6. The summed E-state index contributed by atoms with van der Waals surface area (Å²) in [7, 11) is 0. The molecule has 0 spiro atoms. The third-order valence-corrected chi connectivity index (χ3v) is 3.88. The first-order valence-corrected chi connectivity index (χ1v) is 7.75. The van der Waals surface area contributed by atoms with E-state index in [1.807, 2.05) is 6.07 Å². The number of para-hydroxylation sites is 1. The average molecular weight is 317 g/mol. The van der Waals surface area contributed by atoms with E-state index >= 15 is 0 Å². The van der Waals surface area contributed by atoms with Crippen molar-refractivity contribution in [1.29, 1.82) is 0 Å². The largest absolute Gasteiger partial charge is 0.450 e. The van der Waals surface area contributed by atoms with Crippen LogP contribution in [0, 0.1) is 0 Å². The van der Waals surface area contributed by atoms with Gasteiger partial charge in [0.15, 0.2) is 0 Å². The molecule has 1 aliphatic heterocycles. The molecule has 0 aliphatic carbocycles. The molecule has 2 heterocycles. The van der Waals surface area contributed by atoms with Gasteiger partial charge in [-0.05, 0) is 31.9 Å². The number of nitrogens with zero attached hydrogens (tertiary/aromatic N) is 2. The predicted molar refractivity (Wildman–Crippen MR) is 85.5 cm³/mol. The zero-order chi connectivity index (χ0) is 16.2. The lowest BCUT2D eigenvalue weighted by molar-refractivity contribution is 0.0982. The Balaban J connectivity index is 1.65. The van der Waals surface area contributed by atoms with E-state index < -0.39 is 5.63 Å². The first-order chi connectivity index (χ1) is 11.2. The number of ether oxygens (including phenoxy) is 1. The lowest BCUT2D eigenvalue weighted by atomic mass is 10.1. The maximum absolute atomic E-state index is 11.9. The Morgan fingerprint density at radius 1 is 1.39 bits per heavy atom. The van der Waals surface area contributed by atoms with Crippen molar-refractivity contribution in [2.45, 2.75) is 25.8 Å². The molecular formula is C16H19N3O4. The van der Waals surface area contributed by atoms with Crippen LogP contribution >= 0.6 is 0 Å². The van der Waals surface area contributed by atoms with E-state index in [-0.39, 0.29) is 18.1 Å². The molecular weight excluding hydrogens is 298 g/mol. The minimum Gasteiger partial charge on any atom is -0.450 e. The van der Waals surface area contributed by atoms with Crippen molar-refractivity contribution < 1.29 is 13.9 Å². The summed E-state index contributed by atoms with van der Waals surface area (Å²) in [6, 6.07) is 7.41. The summed E-state index contributed by atoms with van der Waals surface area (Å²) in [5.74, 6) is 0. The van der Waals surface area contributed by atoms with Crippen molar-refractivity contribution in [3.05, 3.63) is 34.7 Å². The van der Waals surface area contributed by atoms with Crippen LogP contribution in [0.25, 0.3) is 10.9 Å². The quantitative estimate of drug-likeness (QED) is 0.934. The van der Waals surface area contributed by atoms with Gasteiger partial charge in [0.25, 0.3) is 6.01 Å². The molecule has 3 rings (SSSR count). The molecule has 23 heavy (non-hydrogen) atoms. The van der Waals surface area contributed by atoms with Gasteiger partial charge in [-0.3, -0.25) is 0 Å². The van der Waals surface area contributed by atoms with Crippen LogP contribution in [0.3, 0.4) is 0 Å². The van der Waals surface area contributed by atoms with Crippen LogP contribution in [-0.2, 0) is 4.74 Å². The number of hydrogen-bond acceptors (Lipinski definition) is 6. The summed E-state index contributed by atoms with van der Waals surface area (Å²) < 4.78 is 10.2. The van der Waals surface area contributed by atoms with Gasteiger partial charge in [-0.25, -0.2) is 9.59 Å². The number of anilines is 1. The molecule has 1 fully saturated rings. The third-order valence-electron chi connectivity index (χ3n) is 3.88. The number of carbonyl (C=O) groups is 1. The summed E-state index contributed by atoms with van der Waals surface area (Å²) >= 11 is 0. The Kier molecular flexibility index (Phi) is 4.45. The zero-order valence-electron chi connectivity index (χ0n) is 12.9. The van der Waals surface area contributed by atoms with Crippen LogP contribution in [0.4, 0.5) is 10.8 Å². The fourth-order valence-corrected chi connectivity index (χ4v) is 2.68. The van der Waals surface area contributed by atoms with E-state index in [9.17, 15) is 9.59 Å². The standard InChI is InChI=1S/C16H19N3O4/c1-2-22-16(21)19-9-7-11(8-10-19)17-15-18-13-6-4-3-5-12(13)14(20)23-15/h3-6,11H,2,7-10H2,1H3,(H,17,18). The molecule has 0 saturated carbocycles. The molecule has 1 aliphatic rings. The number of rotatable bonds is 3. The number of hydrogen-bond donors (Lipinski definition) is 1. The highest BCUT2D eigenvalue weighted by Crippen LogP contribution is 2.17. The molecule has 0 atom stereocenters. The molecule has 1 saturated heterocycles. The Bertz CT molecular complexity index is 750. The molecule has 1 amide bonds. The molecule has 2 aromatic rings. The summed E-state index contributed by atoms with van der Waals surface area (Å²) in [5, 5.41) is 3.62. The fourth-order valence-electron chi connectivity index (χ4n) is 2.68. The number of piperidine rings is 1. The number of amides is 1. The minimum absolute atomic E-state index is 0.109. The minimum atomic E-state index is -0.401. The highest BCUT2D eigenvalue weighted by Gasteiger charge is 2.24. The maximum Gasteiger partial charge on any atom is 0.409 e. The van der Waals surface area contributed by atoms with E-state index in [0.717, 1.165) is 12.8 Å². The monoisotopic (exact) mass is 317 g/mol. The SMILES string of the molecule is CCOC(=O)N1CCC(Nc2nc3ccccc3c(=O)o2)CC1. The van der Waals surface area contributed by atoms with E-state index in [1.165, 1.54) is 0 Å². The lowest BCUT2D eigenvalue weighted by Crippen LogP contribution is -2.42. The number of fused-ring (bicyclic) bond motifs is 1. The summed E-state index contributed by atoms with van der Waals surface area (Å²) in [6.07, 6.45) is 1.22. The highest BCUT2D eigenvalue weighted by atomic mass is 16.6. The second-order valence-corrected chi connectivity index (χ2v) is 5.43. The third kappa shape index (κ3) is 3.44. The topological polar surface area (TPSA) is 84.7 Å². The van der Waals surface area contributed by atoms with E-state index in [2.05, 4.69) is 10.3 Å². The second-order valence-electron chi connectivity index (χ2n) is 5.43. The van der Waals surface area contributed by atoms with Gasteiger partial charge in [-0.1, -0.05) is 12.1 Å². The molecule has 1 N–H and O–H groups in total. The van der Waals surface area contributed by atoms with Gasteiger partial charge in [0.05, 0.1) is 17.5 Å². The highest BCUT2D eigenvalue weighted by molar-refractivity contribution is 5.77. The van der Waals surface area contributed by atoms with Gasteiger partial charge in [0, 0.05) is 19.1 Å². The Morgan fingerprint density at radius 2 is 2.13 bits per heavy atom. The first-order valence-electron chi connectivity index (χ1n) is 7.75. The molecule has 0 bridgehead atoms. The van der Waals surface area contributed by atoms with Gasteiger partial charge in [-0.15, -0.1) is 0 Å². The van der Waals surface area contributed by atoms with Crippen molar-refractivity contribution in [2.75, 3.05) is 25.0 Å². The average Bonchev–Trinajstić information content (AvgIpc) is 2.56. The van der Waals surface area contributed by atoms with Crippen LogP contribution in [-0.4, -0.2) is 41.7 Å². The van der Waals surface area contributed by atoms with Crippen molar-refractivity contribution in [3.63, 3.8) is 0 Å². The summed E-state index contributed by atoms with van der Waals surface area (Å²) in [6.45, 7) is 3.38. The van der Waals surface area contributed by atoms with Crippen LogP contribution in [0.5, 0.6) is 0 Å². The number of benzene rings is 1. The predicted octanol–water partition coefficient (Wildman–Crippen LogP) is 2.22. The smallest absolute Gasteiger partial charge is 0.409 e. The molecule has 1 aromatic heterocycles. The Labute approximate surface area is 133 Å². The van der Waals surface area contributed by atoms with Crippen LogP contribution < -0.4 is 10.9 Å². The number of likely N-dealkylation sites (tertiary alicyclic amines) is 1. The van der Waals surface area contributed by atoms with Crippen molar-refractivity contribution in [2.24, 2.45) is 0 Å². The zero-order valence-corrected chi connectivity index (χ0v) is 12.9. The van der Waals surface area contributed by atoms with E-state index in [1.54, 1.807) is 30.0 Å². The van der Waals surface area contributed by atoms with Gasteiger partial charge < -0.3 is 19.4 Å². The number of aromatic nitrogens is 1.